The van der Waals surface area contributed by atoms with Gasteiger partial charge in [0.15, 0.2) is 4.34 Å². The van der Waals surface area contributed by atoms with Gasteiger partial charge in [0.25, 0.3) is 15.9 Å². The first-order valence-electron chi connectivity index (χ1n) is 8.74. The molecule has 0 fully saturated rings. The van der Waals surface area contributed by atoms with Crippen LogP contribution in [0.15, 0.2) is 57.8 Å². The van der Waals surface area contributed by atoms with E-state index in [9.17, 15) is 13.2 Å². The zero-order valence-electron chi connectivity index (χ0n) is 16.0. The fourth-order valence-corrected chi connectivity index (χ4v) is 5.33. The Bertz CT molecular complexity index is 1090. The maximum absolute atomic E-state index is 12.4. The molecule has 0 spiro atoms. The number of aromatic nitrogens is 2. The Kier molecular flexibility index (Phi) is 6.56. The molecular formula is C19H20N4O3S3. The fraction of sp³-hybridized carbons (Fsp3) is 0.211. The molecule has 3 rings (SSSR count). The largest absolute Gasteiger partial charge is 0.296 e. The molecule has 7 nitrogen and oxygen atoms in total. The third kappa shape index (κ3) is 5.78. The quantitative estimate of drug-likeness (QED) is 0.410. The first-order valence-corrected chi connectivity index (χ1v) is 11.9. The molecule has 0 unspecified atom stereocenters. The Morgan fingerprint density at radius 1 is 1.03 bits per heavy atom. The maximum Gasteiger partial charge on any atom is 0.261 e. The summed E-state index contributed by atoms with van der Waals surface area (Å²) in [6.45, 7) is 6.00. The molecule has 0 radical (unpaired) electrons. The van der Waals surface area contributed by atoms with Gasteiger partial charge in [-0.05, 0) is 43.3 Å². The number of anilines is 2. The fourth-order valence-electron chi connectivity index (χ4n) is 2.30. The number of thioether (sulfide) groups is 1. The smallest absolute Gasteiger partial charge is 0.261 e. The first-order chi connectivity index (χ1) is 13.7. The van der Waals surface area contributed by atoms with Crippen molar-refractivity contribution >= 4 is 49.8 Å². The number of hydrogen-bond acceptors (Lipinski definition) is 7. The average Bonchev–Trinajstić information content (AvgIpc) is 3.08. The zero-order valence-corrected chi connectivity index (χ0v) is 18.5. The lowest BCUT2D eigenvalue weighted by Crippen LogP contribution is -2.14. The van der Waals surface area contributed by atoms with E-state index in [0.29, 0.717) is 21.6 Å². The van der Waals surface area contributed by atoms with Crippen LogP contribution in [-0.4, -0.2) is 29.8 Å². The number of carbonyl (C=O) groups is 1. The van der Waals surface area contributed by atoms with E-state index in [4.69, 9.17) is 0 Å². The minimum absolute atomic E-state index is 0.177. The van der Waals surface area contributed by atoms with Crippen molar-refractivity contribution in [1.82, 2.24) is 10.2 Å². The van der Waals surface area contributed by atoms with Gasteiger partial charge in [0.05, 0.1) is 4.90 Å². The third-order valence-corrected chi connectivity index (χ3v) is 7.02. The van der Waals surface area contributed by atoms with Crippen LogP contribution >= 0.6 is 23.1 Å². The van der Waals surface area contributed by atoms with Crippen LogP contribution in [0.4, 0.5) is 10.8 Å². The molecular weight excluding hydrogens is 428 g/mol. The van der Waals surface area contributed by atoms with Crippen molar-refractivity contribution in [2.75, 3.05) is 10.0 Å². The normalized spacial score (nSPS) is 11.4. The molecule has 0 saturated heterocycles. The Morgan fingerprint density at radius 3 is 2.31 bits per heavy atom. The molecule has 0 saturated carbocycles. The number of aryl methyl sites for hydroxylation is 1. The van der Waals surface area contributed by atoms with E-state index in [-0.39, 0.29) is 10.8 Å². The summed E-state index contributed by atoms with van der Waals surface area (Å²) in [7, 11) is -3.69. The second kappa shape index (κ2) is 8.93. The number of nitrogens with one attached hydrogen (secondary N) is 2. The molecule has 0 aliphatic rings. The Balaban J connectivity index is 1.65. The number of sulfonamides is 1. The van der Waals surface area contributed by atoms with Crippen LogP contribution in [0.5, 0.6) is 0 Å². The van der Waals surface area contributed by atoms with Gasteiger partial charge >= 0.3 is 0 Å². The molecule has 10 heteroatoms. The first kappa shape index (κ1) is 21.3. The number of rotatable bonds is 7. The molecule has 2 aromatic carbocycles. The summed E-state index contributed by atoms with van der Waals surface area (Å²) in [5, 5.41) is 11.5. The van der Waals surface area contributed by atoms with Gasteiger partial charge in [0.2, 0.25) is 5.13 Å². The molecule has 1 heterocycles. The van der Waals surface area contributed by atoms with Crippen LogP contribution in [0, 0.1) is 6.92 Å². The lowest BCUT2D eigenvalue weighted by Gasteiger charge is -2.09. The Morgan fingerprint density at radius 2 is 1.69 bits per heavy atom. The highest BCUT2D eigenvalue weighted by Crippen LogP contribution is 2.28. The van der Waals surface area contributed by atoms with Crippen molar-refractivity contribution in [1.29, 1.82) is 0 Å². The summed E-state index contributed by atoms with van der Waals surface area (Å²) >= 11 is 2.89. The van der Waals surface area contributed by atoms with E-state index >= 15 is 0 Å². The van der Waals surface area contributed by atoms with E-state index in [1.54, 1.807) is 60.3 Å². The summed E-state index contributed by atoms with van der Waals surface area (Å²) in [6, 6.07) is 12.8. The molecule has 1 aromatic heterocycles. The number of benzene rings is 2. The maximum atomic E-state index is 12.4. The van der Waals surface area contributed by atoms with Crippen molar-refractivity contribution in [3.8, 4) is 0 Å². The topological polar surface area (TPSA) is 101 Å². The van der Waals surface area contributed by atoms with Crippen LogP contribution in [0.2, 0.25) is 0 Å². The van der Waals surface area contributed by atoms with Crippen LogP contribution < -0.4 is 10.0 Å². The molecule has 29 heavy (non-hydrogen) atoms. The van der Waals surface area contributed by atoms with Gasteiger partial charge in [-0.1, -0.05) is 54.6 Å². The van der Waals surface area contributed by atoms with Crippen molar-refractivity contribution in [2.24, 2.45) is 0 Å². The van der Waals surface area contributed by atoms with Gasteiger partial charge in [-0.25, -0.2) is 8.42 Å². The van der Waals surface area contributed by atoms with Crippen molar-refractivity contribution in [3.05, 3.63) is 59.7 Å². The molecule has 0 aliphatic carbocycles. The van der Waals surface area contributed by atoms with E-state index in [2.05, 4.69) is 34.1 Å². The Labute approximate surface area is 178 Å². The van der Waals surface area contributed by atoms with Crippen LogP contribution in [0.1, 0.15) is 29.8 Å². The molecule has 0 bridgehead atoms. The van der Waals surface area contributed by atoms with Crippen LogP contribution in [0.3, 0.4) is 0 Å². The molecule has 0 atom stereocenters. The number of amides is 1. The standard InChI is InChI=1S/C19H20N4O3S3/c1-12(2)27-19-22-21-18(28-19)20-17(24)14-6-8-15(9-7-14)23-29(25,26)16-10-4-13(3)5-11-16/h4-12,23H,1-3H3,(H,20,21,24). The van der Waals surface area contributed by atoms with Gasteiger partial charge in [-0.2, -0.15) is 0 Å². The summed E-state index contributed by atoms with van der Waals surface area (Å²) in [5.74, 6) is -0.338. The van der Waals surface area contributed by atoms with Crippen LogP contribution in [-0.2, 0) is 10.0 Å². The van der Waals surface area contributed by atoms with Gasteiger partial charge in [-0.3, -0.25) is 14.8 Å². The summed E-state index contributed by atoms with van der Waals surface area (Å²) in [6.07, 6.45) is 0. The molecule has 1 amide bonds. The van der Waals surface area contributed by atoms with Crippen molar-refractivity contribution in [2.45, 2.75) is 35.3 Å². The summed E-state index contributed by atoms with van der Waals surface area (Å²) in [4.78, 5) is 12.6. The zero-order chi connectivity index (χ0) is 21.0. The Hall–Kier alpha value is -2.43. The van der Waals surface area contributed by atoms with E-state index in [0.717, 1.165) is 9.90 Å². The summed E-state index contributed by atoms with van der Waals surface area (Å²) in [5.41, 5.74) is 1.73. The highest BCUT2D eigenvalue weighted by atomic mass is 32.2. The van der Waals surface area contributed by atoms with Gasteiger partial charge in [-0.15, -0.1) is 10.2 Å². The lowest BCUT2D eigenvalue weighted by molar-refractivity contribution is 0.102. The second-order valence-electron chi connectivity index (χ2n) is 6.49. The van der Waals surface area contributed by atoms with E-state index in [1.165, 1.54) is 11.3 Å². The highest BCUT2D eigenvalue weighted by molar-refractivity contribution is 8.01. The highest BCUT2D eigenvalue weighted by Gasteiger charge is 2.15. The number of nitrogens with zero attached hydrogens (tertiary/aromatic N) is 2. The average molecular weight is 449 g/mol. The van der Waals surface area contributed by atoms with Crippen molar-refractivity contribution < 1.29 is 13.2 Å². The number of carbonyl (C=O) groups excluding carboxylic acids is 1. The van der Waals surface area contributed by atoms with E-state index < -0.39 is 10.0 Å². The second-order valence-corrected chi connectivity index (χ2v) is 11.0. The molecule has 152 valence electrons. The van der Waals surface area contributed by atoms with Crippen molar-refractivity contribution in [3.63, 3.8) is 0 Å². The van der Waals surface area contributed by atoms with Crippen LogP contribution in [0.25, 0.3) is 0 Å². The molecule has 2 N–H and O–H groups in total. The molecule has 0 aliphatic heterocycles. The minimum atomic E-state index is -3.69. The predicted octanol–water partition coefficient (Wildman–Crippen LogP) is 4.40. The number of hydrogen-bond donors (Lipinski definition) is 2. The summed E-state index contributed by atoms with van der Waals surface area (Å²) < 4.78 is 28.2. The monoisotopic (exact) mass is 448 g/mol. The predicted molar refractivity (Wildman–Crippen MR) is 117 cm³/mol. The van der Waals surface area contributed by atoms with E-state index in [1.807, 2.05) is 6.92 Å². The minimum Gasteiger partial charge on any atom is -0.296 e. The third-order valence-electron chi connectivity index (χ3n) is 3.69. The lowest BCUT2D eigenvalue weighted by atomic mass is 10.2. The van der Waals surface area contributed by atoms with Gasteiger partial charge in [0, 0.05) is 16.5 Å². The SMILES string of the molecule is Cc1ccc(S(=O)(=O)Nc2ccc(C(=O)Nc3nnc(SC(C)C)s3)cc2)cc1. The van der Waals surface area contributed by atoms with Gasteiger partial charge in [0.1, 0.15) is 0 Å². The molecule has 3 aromatic rings. The van der Waals surface area contributed by atoms with Gasteiger partial charge < -0.3 is 0 Å².